The van der Waals surface area contributed by atoms with Gasteiger partial charge in [0.25, 0.3) is 0 Å². The van der Waals surface area contributed by atoms with Crippen molar-refractivity contribution in [3.8, 4) is 0 Å². The summed E-state index contributed by atoms with van der Waals surface area (Å²) < 4.78 is 10.2. The summed E-state index contributed by atoms with van der Waals surface area (Å²) in [7, 11) is 2.27. The molecule has 0 aliphatic carbocycles. The second kappa shape index (κ2) is 12.1. The summed E-state index contributed by atoms with van der Waals surface area (Å²) >= 11 is 0. The van der Waals surface area contributed by atoms with E-state index in [4.69, 9.17) is 9.26 Å². The molecule has 0 N–H and O–H groups in total. The number of ether oxygens (including phenoxy) is 1. The molecular formula is C10H21O2P. The number of hydrogen-bond acceptors (Lipinski definition) is 2. The van der Waals surface area contributed by atoms with E-state index in [0.717, 1.165) is 39.1 Å². The van der Waals surface area contributed by atoms with E-state index < -0.39 is 0 Å². The fraction of sp³-hybridized carbons (Fsp3) is 0.800. The fourth-order valence-corrected chi connectivity index (χ4v) is 1.18. The third-order valence-corrected chi connectivity index (χ3v) is 2.00. The van der Waals surface area contributed by atoms with Gasteiger partial charge in [-0.15, -0.1) is 6.58 Å². The Labute approximate surface area is 84.0 Å². The van der Waals surface area contributed by atoms with Crippen LogP contribution in [0.5, 0.6) is 0 Å². The minimum Gasteiger partial charge on any atom is -0.381 e. The Balaban J connectivity index is 2.79. The third-order valence-electron chi connectivity index (χ3n) is 1.77. The first-order chi connectivity index (χ1) is 6.41. The Morgan fingerprint density at radius 3 is 2.31 bits per heavy atom. The van der Waals surface area contributed by atoms with Gasteiger partial charge in [0.05, 0.1) is 6.61 Å². The van der Waals surface area contributed by atoms with Crippen LogP contribution in [0.1, 0.15) is 32.1 Å². The lowest BCUT2D eigenvalue weighted by molar-refractivity contribution is 0.134. The Morgan fingerprint density at radius 2 is 1.69 bits per heavy atom. The zero-order chi connectivity index (χ0) is 9.78. The summed E-state index contributed by atoms with van der Waals surface area (Å²) in [6.07, 6.45) is 7.63. The molecular weight excluding hydrogens is 183 g/mol. The highest BCUT2D eigenvalue weighted by Gasteiger charge is 1.90. The highest BCUT2D eigenvalue weighted by molar-refractivity contribution is 7.09. The van der Waals surface area contributed by atoms with Crippen LogP contribution >= 0.6 is 9.47 Å². The Kier molecular flexibility index (Phi) is 12.2. The van der Waals surface area contributed by atoms with Gasteiger partial charge in [-0.1, -0.05) is 18.9 Å². The summed E-state index contributed by atoms with van der Waals surface area (Å²) in [4.78, 5) is 0. The number of rotatable bonds is 10. The van der Waals surface area contributed by atoms with Crippen LogP contribution in [0.15, 0.2) is 12.7 Å². The fourth-order valence-electron chi connectivity index (χ4n) is 1.01. The smallest absolute Gasteiger partial charge is 0.0501 e. The van der Waals surface area contributed by atoms with E-state index in [0.29, 0.717) is 0 Å². The van der Waals surface area contributed by atoms with Crippen molar-refractivity contribution >= 4 is 9.47 Å². The van der Waals surface area contributed by atoms with E-state index in [1.165, 1.54) is 12.8 Å². The van der Waals surface area contributed by atoms with Crippen molar-refractivity contribution in [2.45, 2.75) is 32.1 Å². The van der Waals surface area contributed by atoms with Crippen molar-refractivity contribution in [2.75, 3.05) is 19.8 Å². The van der Waals surface area contributed by atoms with Crippen LogP contribution in [0, 0.1) is 0 Å². The second-order valence-corrected chi connectivity index (χ2v) is 3.31. The molecule has 1 unspecified atom stereocenters. The van der Waals surface area contributed by atoms with E-state index in [2.05, 4.69) is 16.0 Å². The van der Waals surface area contributed by atoms with Crippen LogP contribution in [0.25, 0.3) is 0 Å². The van der Waals surface area contributed by atoms with Crippen LogP contribution in [-0.4, -0.2) is 19.8 Å². The van der Waals surface area contributed by atoms with E-state index in [1.807, 2.05) is 6.08 Å². The van der Waals surface area contributed by atoms with Crippen molar-refractivity contribution in [1.82, 2.24) is 0 Å². The molecule has 3 heteroatoms. The average Bonchev–Trinajstić information content (AvgIpc) is 2.16. The molecule has 0 aliphatic heterocycles. The van der Waals surface area contributed by atoms with Gasteiger partial charge in [0.15, 0.2) is 0 Å². The normalized spacial score (nSPS) is 10.2. The van der Waals surface area contributed by atoms with E-state index in [1.54, 1.807) is 0 Å². The van der Waals surface area contributed by atoms with Gasteiger partial charge in [-0.05, 0) is 19.3 Å². The molecule has 78 valence electrons. The average molecular weight is 204 g/mol. The lowest BCUT2D eigenvalue weighted by Gasteiger charge is -2.02. The summed E-state index contributed by atoms with van der Waals surface area (Å²) in [5, 5.41) is 0. The zero-order valence-corrected chi connectivity index (χ0v) is 9.49. The van der Waals surface area contributed by atoms with Gasteiger partial charge in [0.1, 0.15) is 0 Å². The minimum atomic E-state index is 0.818. The molecule has 0 radical (unpaired) electrons. The summed E-state index contributed by atoms with van der Waals surface area (Å²) in [5.41, 5.74) is 0. The van der Waals surface area contributed by atoms with Crippen molar-refractivity contribution in [3.63, 3.8) is 0 Å². The molecule has 0 spiro atoms. The second-order valence-electron chi connectivity index (χ2n) is 2.97. The zero-order valence-electron chi connectivity index (χ0n) is 8.34. The lowest BCUT2D eigenvalue weighted by atomic mass is 10.2. The molecule has 0 saturated heterocycles. The summed E-state index contributed by atoms with van der Waals surface area (Å²) in [5.74, 6) is 0. The quantitative estimate of drug-likeness (QED) is 0.309. The first kappa shape index (κ1) is 13.1. The molecule has 2 nitrogen and oxygen atoms in total. The molecule has 0 saturated carbocycles. The van der Waals surface area contributed by atoms with Crippen LogP contribution in [0.3, 0.4) is 0 Å². The largest absolute Gasteiger partial charge is 0.381 e. The van der Waals surface area contributed by atoms with Gasteiger partial charge in [-0.3, -0.25) is 0 Å². The van der Waals surface area contributed by atoms with Crippen LogP contribution < -0.4 is 0 Å². The third kappa shape index (κ3) is 12.1. The minimum absolute atomic E-state index is 0.818. The monoisotopic (exact) mass is 204 g/mol. The predicted octanol–water partition coefficient (Wildman–Crippen LogP) is 2.95. The molecule has 0 amide bonds. The molecule has 0 aromatic rings. The topological polar surface area (TPSA) is 18.5 Å². The number of hydrogen-bond donors (Lipinski definition) is 0. The maximum atomic E-state index is 5.37. The van der Waals surface area contributed by atoms with Crippen LogP contribution in [0.2, 0.25) is 0 Å². The highest BCUT2D eigenvalue weighted by atomic mass is 31.0. The molecule has 0 aliphatic rings. The first-order valence-electron chi connectivity index (χ1n) is 4.92. The molecule has 0 heterocycles. The molecule has 13 heavy (non-hydrogen) atoms. The maximum Gasteiger partial charge on any atom is 0.0501 e. The lowest BCUT2D eigenvalue weighted by Crippen LogP contribution is -1.96. The summed E-state index contributed by atoms with van der Waals surface area (Å²) in [6, 6.07) is 0. The van der Waals surface area contributed by atoms with Gasteiger partial charge >= 0.3 is 0 Å². The van der Waals surface area contributed by atoms with Gasteiger partial charge in [-0.2, -0.15) is 0 Å². The maximum absolute atomic E-state index is 5.37. The Bertz CT molecular complexity index is 107. The summed E-state index contributed by atoms with van der Waals surface area (Å²) in [6.45, 7) is 6.18. The van der Waals surface area contributed by atoms with Gasteiger partial charge in [-0.25, -0.2) is 0 Å². The first-order valence-corrected chi connectivity index (χ1v) is 5.39. The molecule has 0 rings (SSSR count). The van der Waals surface area contributed by atoms with Crippen molar-refractivity contribution < 1.29 is 9.26 Å². The Hall–Kier alpha value is 0.0900. The molecule has 0 aromatic carbocycles. The standard InChI is InChI=1S/C10H21O2P/c1-2-3-8-11-9-6-4-5-7-10-12-13/h2H,1,3-10,13H2. The predicted molar refractivity (Wildman–Crippen MR) is 59.8 cm³/mol. The van der Waals surface area contributed by atoms with Crippen LogP contribution in [0.4, 0.5) is 0 Å². The Morgan fingerprint density at radius 1 is 1.00 bits per heavy atom. The van der Waals surface area contributed by atoms with Gasteiger partial charge < -0.3 is 9.26 Å². The van der Waals surface area contributed by atoms with Crippen molar-refractivity contribution in [3.05, 3.63) is 12.7 Å². The van der Waals surface area contributed by atoms with Gasteiger partial charge in [0, 0.05) is 22.7 Å². The van der Waals surface area contributed by atoms with Crippen molar-refractivity contribution in [2.24, 2.45) is 0 Å². The molecule has 1 atom stereocenters. The number of unbranched alkanes of at least 4 members (excludes halogenated alkanes) is 3. The van der Waals surface area contributed by atoms with Crippen LogP contribution in [-0.2, 0) is 9.26 Å². The van der Waals surface area contributed by atoms with E-state index >= 15 is 0 Å². The van der Waals surface area contributed by atoms with Crippen molar-refractivity contribution in [1.29, 1.82) is 0 Å². The molecule has 0 fully saturated rings. The highest BCUT2D eigenvalue weighted by Crippen LogP contribution is 2.01. The van der Waals surface area contributed by atoms with E-state index in [9.17, 15) is 0 Å². The molecule has 0 aromatic heterocycles. The molecule has 0 bridgehead atoms. The van der Waals surface area contributed by atoms with E-state index in [-0.39, 0.29) is 0 Å². The SMILES string of the molecule is C=CCCOCCCCCCOP. The van der Waals surface area contributed by atoms with Gasteiger partial charge in [0.2, 0.25) is 0 Å².